The molecule has 1 aromatic heterocycles. The molecule has 0 aliphatic carbocycles. The van der Waals surface area contributed by atoms with E-state index < -0.39 is 0 Å². The van der Waals surface area contributed by atoms with E-state index in [1.54, 1.807) is 5.82 Å². The second kappa shape index (κ2) is 39.9. The zero-order valence-electron chi connectivity index (χ0n) is 36.7. The molecule has 2 heteroatoms. The highest BCUT2D eigenvalue weighted by molar-refractivity contribution is 4.90. The summed E-state index contributed by atoms with van der Waals surface area (Å²) in [5.41, 5.74) is 0. The van der Waals surface area contributed by atoms with E-state index in [0.29, 0.717) is 12.0 Å². The van der Waals surface area contributed by atoms with E-state index in [9.17, 15) is 0 Å². The summed E-state index contributed by atoms with van der Waals surface area (Å²) < 4.78 is 2.66. The van der Waals surface area contributed by atoms with E-state index in [4.69, 9.17) is 0 Å². The molecule has 0 saturated heterocycles. The lowest BCUT2D eigenvalue weighted by Gasteiger charge is -2.17. The van der Waals surface area contributed by atoms with Crippen molar-refractivity contribution in [2.45, 2.75) is 303 Å². The fraction of sp³-hybridized carbons (Fsp3) is 0.940. The van der Waals surface area contributed by atoms with Gasteiger partial charge in [-0.25, -0.2) is 9.55 Å². The first-order valence-corrected chi connectivity index (χ1v) is 24.8. The number of hydrogen-bond donors (Lipinski definition) is 1. The molecule has 1 rings (SSSR count). The molecule has 0 saturated carbocycles. The number of rotatable bonds is 43. The van der Waals surface area contributed by atoms with E-state index in [-0.39, 0.29) is 0 Å². The molecule has 0 fully saturated rings. The third-order valence-electron chi connectivity index (χ3n) is 12.4. The van der Waals surface area contributed by atoms with Crippen molar-refractivity contribution in [2.75, 3.05) is 0 Å². The second-order valence-electron chi connectivity index (χ2n) is 17.5. The SMILES string of the molecule is CCCCCCCCCCCCCCCCCCCC(CCCCCCCCCCCC)c1[nH]cc[n+]1C(C)CCCCCCCCCCCCC. The molecule has 0 aromatic carbocycles. The summed E-state index contributed by atoms with van der Waals surface area (Å²) in [4.78, 5) is 3.78. The van der Waals surface area contributed by atoms with Crippen LogP contribution in [0.3, 0.4) is 0 Å². The number of nitrogens with zero attached hydrogens (tertiary/aromatic N) is 1. The molecule has 2 atom stereocenters. The highest BCUT2D eigenvalue weighted by Crippen LogP contribution is 2.28. The van der Waals surface area contributed by atoms with Gasteiger partial charge in [0.1, 0.15) is 12.4 Å². The fourth-order valence-electron chi connectivity index (χ4n) is 8.73. The Morgan fingerprint density at radius 2 is 0.615 bits per heavy atom. The Morgan fingerprint density at radius 1 is 0.365 bits per heavy atom. The Kier molecular flexibility index (Phi) is 37.8. The van der Waals surface area contributed by atoms with Crippen LogP contribution in [0, 0.1) is 0 Å². The number of unbranched alkanes of at least 4 members (excludes halogenated alkanes) is 35. The maximum atomic E-state index is 3.78. The van der Waals surface area contributed by atoms with Crippen LogP contribution in [-0.2, 0) is 0 Å². The molecule has 0 amide bonds. The Bertz CT molecular complexity index is 798. The van der Waals surface area contributed by atoms with Crippen molar-refractivity contribution in [1.29, 1.82) is 0 Å². The minimum atomic E-state index is 0.616. The molecule has 1 aromatic rings. The Morgan fingerprint density at radius 3 is 0.904 bits per heavy atom. The van der Waals surface area contributed by atoms with Gasteiger partial charge >= 0.3 is 0 Å². The summed E-state index contributed by atoms with van der Waals surface area (Å²) in [7, 11) is 0. The summed E-state index contributed by atoms with van der Waals surface area (Å²) in [5.74, 6) is 2.25. The van der Waals surface area contributed by atoms with E-state index >= 15 is 0 Å². The van der Waals surface area contributed by atoms with Crippen LogP contribution in [0.25, 0.3) is 0 Å². The number of aromatic amines is 1. The summed E-state index contributed by atoms with van der Waals surface area (Å²) in [6.45, 7) is 9.44. The first-order chi connectivity index (χ1) is 25.7. The zero-order valence-corrected chi connectivity index (χ0v) is 36.7. The molecule has 1 heterocycles. The van der Waals surface area contributed by atoms with Crippen LogP contribution in [0.15, 0.2) is 12.4 Å². The summed E-state index contributed by atoms with van der Waals surface area (Å²) in [6.07, 6.45) is 63.6. The van der Waals surface area contributed by atoms with Crippen molar-refractivity contribution < 1.29 is 4.57 Å². The van der Waals surface area contributed by atoms with Crippen LogP contribution in [0.5, 0.6) is 0 Å². The quantitative estimate of drug-likeness (QED) is 0.0510. The van der Waals surface area contributed by atoms with Crippen molar-refractivity contribution >= 4 is 0 Å². The van der Waals surface area contributed by atoms with Gasteiger partial charge in [0.2, 0.25) is 0 Å². The van der Waals surface area contributed by atoms with E-state index in [1.807, 2.05) is 0 Å². The molecule has 52 heavy (non-hydrogen) atoms. The molecule has 1 N–H and O–H groups in total. The molecule has 0 aliphatic heterocycles. The summed E-state index contributed by atoms with van der Waals surface area (Å²) in [5, 5.41) is 0. The minimum Gasteiger partial charge on any atom is -0.247 e. The maximum Gasteiger partial charge on any atom is 0.257 e. The van der Waals surface area contributed by atoms with E-state index in [2.05, 4.69) is 49.6 Å². The lowest BCUT2D eigenvalue weighted by molar-refractivity contribution is -0.727. The average molecular weight is 728 g/mol. The normalized spacial score (nSPS) is 12.9. The molecule has 0 bridgehead atoms. The predicted molar refractivity (Wildman–Crippen MR) is 235 cm³/mol. The van der Waals surface area contributed by atoms with Crippen LogP contribution in [0.2, 0.25) is 0 Å². The lowest BCUT2D eigenvalue weighted by Crippen LogP contribution is -2.41. The van der Waals surface area contributed by atoms with Crippen LogP contribution < -0.4 is 4.57 Å². The zero-order chi connectivity index (χ0) is 37.4. The summed E-state index contributed by atoms with van der Waals surface area (Å²) >= 11 is 0. The van der Waals surface area contributed by atoms with Crippen molar-refractivity contribution in [3.63, 3.8) is 0 Å². The Labute approximate surface area is 329 Å². The van der Waals surface area contributed by atoms with Gasteiger partial charge in [0.25, 0.3) is 5.82 Å². The van der Waals surface area contributed by atoms with E-state index in [0.717, 1.165) is 0 Å². The highest BCUT2D eigenvalue weighted by Gasteiger charge is 2.25. The van der Waals surface area contributed by atoms with Gasteiger partial charge in [0, 0.05) is 0 Å². The van der Waals surface area contributed by atoms with Crippen molar-refractivity contribution in [3.8, 4) is 0 Å². The van der Waals surface area contributed by atoms with Gasteiger partial charge in [-0.1, -0.05) is 258 Å². The first-order valence-electron chi connectivity index (χ1n) is 24.8. The lowest BCUT2D eigenvalue weighted by atomic mass is 9.92. The third-order valence-corrected chi connectivity index (χ3v) is 12.4. The number of imidazole rings is 1. The maximum absolute atomic E-state index is 3.78. The number of H-pyrrole nitrogens is 1. The topological polar surface area (TPSA) is 19.7 Å². The van der Waals surface area contributed by atoms with Crippen LogP contribution in [0.4, 0.5) is 0 Å². The minimum absolute atomic E-state index is 0.616. The third kappa shape index (κ3) is 30.5. The molecule has 0 aliphatic rings. The van der Waals surface area contributed by atoms with Crippen molar-refractivity contribution in [1.82, 2.24) is 4.98 Å². The predicted octanol–water partition coefficient (Wildman–Crippen LogP) is 18.0. The molecule has 2 unspecified atom stereocenters. The smallest absolute Gasteiger partial charge is 0.247 e. The molecule has 2 nitrogen and oxygen atoms in total. The molecular weight excluding hydrogens is 629 g/mol. The van der Waals surface area contributed by atoms with Crippen LogP contribution >= 0.6 is 0 Å². The number of nitrogens with one attached hydrogen (secondary N) is 1. The van der Waals surface area contributed by atoms with Gasteiger partial charge in [-0.2, -0.15) is 0 Å². The number of hydrogen-bond acceptors (Lipinski definition) is 0. The van der Waals surface area contributed by atoms with Crippen molar-refractivity contribution in [2.24, 2.45) is 0 Å². The summed E-state index contributed by atoms with van der Waals surface area (Å²) in [6, 6.07) is 0.616. The fourth-order valence-corrected chi connectivity index (χ4v) is 8.73. The number of aromatic nitrogens is 2. The van der Waals surface area contributed by atoms with Gasteiger partial charge in [-0.3, -0.25) is 0 Å². The van der Waals surface area contributed by atoms with Gasteiger partial charge in [-0.15, -0.1) is 0 Å². The second-order valence-corrected chi connectivity index (χ2v) is 17.5. The monoisotopic (exact) mass is 728 g/mol. The Hall–Kier alpha value is -0.790. The highest BCUT2D eigenvalue weighted by atomic mass is 15.1. The molecule has 0 radical (unpaired) electrons. The Balaban J connectivity index is 2.33. The van der Waals surface area contributed by atoms with E-state index in [1.165, 1.54) is 263 Å². The molecule has 0 spiro atoms. The average Bonchev–Trinajstić information content (AvgIpc) is 3.65. The molecular formula is C50H99N2+. The van der Waals surface area contributed by atoms with Gasteiger partial charge in [-0.05, 0) is 32.6 Å². The van der Waals surface area contributed by atoms with Crippen LogP contribution in [0.1, 0.15) is 309 Å². The standard InChI is InChI=1S/C50H98N2/c1-5-8-11-14-17-20-23-24-25-26-27-28-30-33-36-39-42-45-49(44-41-38-35-32-22-19-16-13-10-7-3)50-51-46-47-52(50)48(4)43-40-37-34-31-29-21-18-15-12-9-6-2/h46-49H,5-45H2,1-4H3/p+1. The largest absolute Gasteiger partial charge is 0.257 e. The van der Waals surface area contributed by atoms with Crippen LogP contribution in [-0.4, -0.2) is 4.98 Å². The van der Waals surface area contributed by atoms with Crippen molar-refractivity contribution in [3.05, 3.63) is 18.2 Å². The first kappa shape index (κ1) is 49.2. The van der Waals surface area contributed by atoms with Gasteiger partial charge in [0.05, 0.1) is 12.0 Å². The van der Waals surface area contributed by atoms with Gasteiger partial charge in [0.15, 0.2) is 0 Å². The molecule has 308 valence electrons. The van der Waals surface area contributed by atoms with Gasteiger partial charge < -0.3 is 0 Å².